The standard InChI is InChI=1S/C17H19F2NO/c18-16-8-7-15(17(19)11-16)13-21-10-4-9-20-12-14-5-2-1-3-6-14/h1-3,5-8,11,20H,4,9-10,12-13H2. The van der Waals surface area contributed by atoms with Gasteiger partial charge in [-0.05, 0) is 24.6 Å². The van der Waals surface area contributed by atoms with Crippen molar-refractivity contribution in [1.29, 1.82) is 0 Å². The van der Waals surface area contributed by atoms with E-state index >= 15 is 0 Å². The maximum atomic E-state index is 13.3. The molecule has 0 amide bonds. The van der Waals surface area contributed by atoms with Crippen molar-refractivity contribution in [1.82, 2.24) is 5.32 Å². The molecular formula is C17H19F2NO. The smallest absolute Gasteiger partial charge is 0.131 e. The molecule has 0 aliphatic heterocycles. The molecule has 0 aliphatic rings. The lowest BCUT2D eigenvalue weighted by molar-refractivity contribution is 0.116. The highest BCUT2D eigenvalue weighted by atomic mass is 19.1. The molecule has 0 bridgehead atoms. The minimum atomic E-state index is -0.568. The molecule has 0 aromatic heterocycles. The second-order valence-electron chi connectivity index (χ2n) is 4.80. The van der Waals surface area contributed by atoms with E-state index in [4.69, 9.17) is 4.74 Å². The van der Waals surface area contributed by atoms with E-state index in [-0.39, 0.29) is 6.61 Å². The first-order valence-electron chi connectivity index (χ1n) is 7.02. The lowest BCUT2D eigenvalue weighted by atomic mass is 10.2. The molecule has 0 saturated heterocycles. The van der Waals surface area contributed by atoms with Gasteiger partial charge in [-0.2, -0.15) is 0 Å². The first-order chi connectivity index (χ1) is 10.3. The summed E-state index contributed by atoms with van der Waals surface area (Å²) in [6, 6.07) is 13.7. The molecular weight excluding hydrogens is 272 g/mol. The van der Waals surface area contributed by atoms with E-state index in [9.17, 15) is 8.78 Å². The summed E-state index contributed by atoms with van der Waals surface area (Å²) in [6.45, 7) is 2.37. The SMILES string of the molecule is Fc1ccc(COCCCNCc2ccccc2)c(F)c1. The molecule has 0 saturated carbocycles. The lowest BCUT2D eigenvalue weighted by Gasteiger charge is -2.07. The van der Waals surface area contributed by atoms with Gasteiger partial charge in [0, 0.05) is 24.8 Å². The summed E-state index contributed by atoms with van der Waals surface area (Å²) in [4.78, 5) is 0. The Morgan fingerprint density at radius 2 is 1.81 bits per heavy atom. The van der Waals surface area contributed by atoms with Crippen LogP contribution in [0, 0.1) is 11.6 Å². The maximum Gasteiger partial charge on any atom is 0.131 e. The zero-order chi connectivity index (χ0) is 14.9. The molecule has 1 N–H and O–H groups in total. The first kappa shape index (κ1) is 15.6. The van der Waals surface area contributed by atoms with Gasteiger partial charge in [0.25, 0.3) is 0 Å². The predicted octanol–water partition coefficient (Wildman–Crippen LogP) is 3.66. The van der Waals surface area contributed by atoms with Gasteiger partial charge in [-0.15, -0.1) is 0 Å². The monoisotopic (exact) mass is 291 g/mol. The molecule has 0 radical (unpaired) electrons. The van der Waals surface area contributed by atoms with E-state index in [1.165, 1.54) is 17.7 Å². The summed E-state index contributed by atoms with van der Waals surface area (Å²) in [5.74, 6) is -1.13. The summed E-state index contributed by atoms with van der Waals surface area (Å²) >= 11 is 0. The van der Waals surface area contributed by atoms with E-state index in [0.717, 1.165) is 25.6 Å². The Kier molecular flexibility index (Phi) is 6.31. The Balaban J connectivity index is 1.56. The average Bonchev–Trinajstić information content (AvgIpc) is 2.49. The Bertz CT molecular complexity index is 546. The fourth-order valence-electron chi connectivity index (χ4n) is 1.95. The van der Waals surface area contributed by atoms with Crippen LogP contribution in [-0.4, -0.2) is 13.2 Å². The van der Waals surface area contributed by atoms with E-state index < -0.39 is 11.6 Å². The number of ether oxygens (including phenoxy) is 1. The van der Waals surface area contributed by atoms with Crippen molar-refractivity contribution >= 4 is 0 Å². The third kappa shape index (κ3) is 5.61. The van der Waals surface area contributed by atoms with Crippen molar-refractivity contribution in [2.75, 3.05) is 13.2 Å². The number of hydrogen-bond donors (Lipinski definition) is 1. The van der Waals surface area contributed by atoms with Crippen LogP contribution in [0.3, 0.4) is 0 Å². The number of halogens is 2. The fourth-order valence-corrected chi connectivity index (χ4v) is 1.95. The number of hydrogen-bond acceptors (Lipinski definition) is 2. The van der Waals surface area contributed by atoms with E-state index in [1.807, 2.05) is 18.2 Å². The number of nitrogens with one attached hydrogen (secondary N) is 1. The van der Waals surface area contributed by atoms with E-state index in [0.29, 0.717) is 12.2 Å². The van der Waals surface area contributed by atoms with Crippen molar-refractivity contribution in [3.63, 3.8) is 0 Å². The summed E-state index contributed by atoms with van der Waals surface area (Å²) in [5.41, 5.74) is 1.63. The molecule has 0 spiro atoms. The van der Waals surface area contributed by atoms with Crippen LogP contribution in [0.15, 0.2) is 48.5 Å². The van der Waals surface area contributed by atoms with Gasteiger partial charge in [-0.1, -0.05) is 36.4 Å². The molecule has 0 aliphatic carbocycles. The third-order valence-electron chi connectivity index (χ3n) is 3.09. The number of rotatable bonds is 8. The van der Waals surface area contributed by atoms with Gasteiger partial charge < -0.3 is 10.1 Å². The largest absolute Gasteiger partial charge is 0.377 e. The van der Waals surface area contributed by atoms with Gasteiger partial charge in [0.2, 0.25) is 0 Å². The van der Waals surface area contributed by atoms with Gasteiger partial charge >= 0.3 is 0 Å². The van der Waals surface area contributed by atoms with Crippen molar-refractivity contribution in [2.24, 2.45) is 0 Å². The van der Waals surface area contributed by atoms with E-state index in [2.05, 4.69) is 17.4 Å². The summed E-state index contributed by atoms with van der Waals surface area (Å²) < 4.78 is 31.5. The summed E-state index contributed by atoms with van der Waals surface area (Å²) in [5, 5.41) is 3.32. The Morgan fingerprint density at radius 3 is 2.57 bits per heavy atom. The third-order valence-corrected chi connectivity index (χ3v) is 3.09. The molecule has 112 valence electrons. The van der Waals surface area contributed by atoms with Crippen LogP contribution in [0.25, 0.3) is 0 Å². The molecule has 2 nitrogen and oxygen atoms in total. The van der Waals surface area contributed by atoms with Crippen LogP contribution < -0.4 is 5.32 Å². The van der Waals surface area contributed by atoms with Crippen LogP contribution in [0.4, 0.5) is 8.78 Å². The van der Waals surface area contributed by atoms with Gasteiger partial charge in [-0.25, -0.2) is 8.78 Å². The second kappa shape index (κ2) is 8.49. The zero-order valence-corrected chi connectivity index (χ0v) is 11.8. The molecule has 2 aromatic rings. The quantitative estimate of drug-likeness (QED) is 0.749. The average molecular weight is 291 g/mol. The van der Waals surface area contributed by atoms with Crippen molar-refractivity contribution in [3.05, 3.63) is 71.3 Å². The summed E-state index contributed by atoms with van der Waals surface area (Å²) in [7, 11) is 0. The zero-order valence-electron chi connectivity index (χ0n) is 11.8. The normalized spacial score (nSPS) is 10.8. The maximum absolute atomic E-state index is 13.3. The molecule has 2 rings (SSSR count). The predicted molar refractivity (Wildman–Crippen MR) is 78.8 cm³/mol. The van der Waals surface area contributed by atoms with Crippen LogP contribution in [-0.2, 0) is 17.9 Å². The van der Waals surface area contributed by atoms with Gasteiger partial charge in [0.15, 0.2) is 0 Å². The molecule has 0 unspecified atom stereocenters. The van der Waals surface area contributed by atoms with Crippen LogP contribution in [0.5, 0.6) is 0 Å². The minimum Gasteiger partial charge on any atom is -0.377 e. The van der Waals surface area contributed by atoms with Crippen molar-refractivity contribution in [3.8, 4) is 0 Å². The van der Waals surface area contributed by atoms with Crippen molar-refractivity contribution in [2.45, 2.75) is 19.6 Å². The second-order valence-corrected chi connectivity index (χ2v) is 4.80. The molecule has 0 fully saturated rings. The van der Waals surface area contributed by atoms with E-state index in [1.54, 1.807) is 0 Å². The molecule has 21 heavy (non-hydrogen) atoms. The fraction of sp³-hybridized carbons (Fsp3) is 0.294. The highest BCUT2D eigenvalue weighted by molar-refractivity contribution is 5.17. The molecule has 0 heterocycles. The van der Waals surface area contributed by atoms with Crippen LogP contribution in [0.2, 0.25) is 0 Å². The lowest BCUT2D eigenvalue weighted by Crippen LogP contribution is -2.16. The minimum absolute atomic E-state index is 0.171. The first-order valence-corrected chi connectivity index (χ1v) is 7.02. The van der Waals surface area contributed by atoms with Gasteiger partial charge in [-0.3, -0.25) is 0 Å². The Morgan fingerprint density at radius 1 is 1.00 bits per heavy atom. The van der Waals surface area contributed by atoms with Gasteiger partial charge in [0.1, 0.15) is 11.6 Å². The topological polar surface area (TPSA) is 21.3 Å². The van der Waals surface area contributed by atoms with Gasteiger partial charge in [0.05, 0.1) is 6.61 Å². The Labute approximate surface area is 123 Å². The van der Waals surface area contributed by atoms with Crippen molar-refractivity contribution < 1.29 is 13.5 Å². The highest BCUT2D eigenvalue weighted by Crippen LogP contribution is 2.10. The molecule has 0 atom stereocenters. The summed E-state index contributed by atoms with van der Waals surface area (Å²) in [6.07, 6.45) is 0.843. The number of benzene rings is 2. The molecule has 2 aromatic carbocycles. The Hall–Kier alpha value is -1.78. The molecule has 4 heteroatoms. The highest BCUT2D eigenvalue weighted by Gasteiger charge is 2.03. The van der Waals surface area contributed by atoms with Crippen LogP contribution >= 0.6 is 0 Å². The van der Waals surface area contributed by atoms with Crippen LogP contribution in [0.1, 0.15) is 17.5 Å².